The van der Waals surface area contributed by atoms with Crippen molar-refractivity contribution in [2.75, 3.05) is 32.8 Å². The van der Waals surface area contributed by atoms with Gasteiger partial charge >= 0.3 is 0 Å². The molecule has 1 aromatic carbocycles. The Morgan fingerprint density at radius 3 is 2.71 bits per heavy atom. The minimum absolute atomic E-state index is 0.108. The summed E-state index contributed by atoms with van der Waals surface area (Å²) in [6.45, 7) is 6.62. The number of benzene rings is 1. The fourth-order valence-electron chi connectivity index (χ4n) is 3.56. The molecule has 0 aliphatic carbocycles. The highest BCUT2D eigenvalue weighted by molar-refractivity contribution is 5.79. The fraction of sp³-hybridized carbons (Fsp3) is 0.524. The molecule has 2 heterocycles. The van der Waals surface area contributed by atoms with Crippen LogP contribution in [0.15, 0.2) is 47.7 Å². The molecule has 7 heteroatoms. The van der Waals surface area contributed by atoms with Crippen molar-refractivity contribution in [1.82, 2.24) is 20.4 Å². The van der Waals surface area contributed by atoms with Gasteiger partial charge in [-0.05, 0) is 49.9 Å². The minimum atomic E-state index is -0.207. The average Bonchev–Trinajstić information content (AvgIpc) is 3.24. The van der Waals surface area contributed by atoms with E-state index in [1.165, 1.54) is 12.1 Å². The Bertz CT molecular complexity index is 724. The molecule has 0 amide bonds. The van der Waals surface area contributed by atoms with Gasteiger partial charge in [0.15, 0.2) is 5.96 Å². The number of hydrogen-bond acceptors (Lipinski definition) is 3. The van der Waals surface area contributed by atoms with Crippen LogP contribution in [0.25, 0.3) is 0 Å². The van der Waals surface area contributed by atoms with Gasteiger partial charge in [-0.2, -0.15) is 5.10 Å². The van der Waals surface area contributed by atoms with Crippen LogP contribution in [-0.2, 0) is 16.7 Å². The molecule has 0 saturated carbocycles. The average molecular weight is 388 g/mol. The highest BCUT2D eigenvalue weighted by Crippen LogP contribution is 2.35. The predicted octanol–water partition coefficient (Wildman–Crippen LogP) is 2.72. The lowest BCUT2D eigenvalue weighted by molar-refractivity contribution is 0.0531. The Balaban J connectivity index is 1.63. The van der Waals surface area contributed by atoms with Crippen LogP contribution in [0.3, 0.4) is 0 Å². The summed E-state index contributed by atoms with van der Waals surface area (Å²) < 4.78 is 20.9. The lowest BCUT2D eigenvalue weighted by atomic mass is 9.74. The molecule has 3 rings (SSSR count). The minimum Gasteiger partial charge on any atom is -0.381 e. The maximum absolute atomic E-state index is 13.4. The van der Waals surface area contributed by atoms with Gasteiger partial charge in [0, 0.05) is 50.7 Å². The third-order valence-electron chi connectivity index (χ3n) is 5.21. The zero-order valence-corrected chi connectivity index (χ0v) is 16.5. The summed E-state index contributed by atoms with van der Waals surface area (Å²) in [6, 6.07) is 8.78. The van der Waals surface area contributed by atoms with Crippen LogP contribution < -0.4 is 10.6 Å². The third-order valence-corrected chi connectivity index (χ3v) is 5.21. The number of halogens is 1. The summed E-state index contributed by atoms with van der Waals surface area (Å²) in [5, 5.41) is 10.9. The van der Waals surface area contributed by atoms with Crippen molar-refractivity contribution in [3.63, 3.8) is 0 Å². The predicted molar refractivity (Wildman–Crippen MR) is 109 cm³/mol. The SMILES string of the molecule is CCNC(=NCC1(c2ccc(F)cc2)CCOCC1)NCCCn1cccn1. The number of aromatic nitrogens is 2. The van der Waals surface area contributed by atoms with Crippen molar-refractivity contribution in [2.45, 2.75) is 38.1 Å². The Labute approximate surface area is 166 Å². The van der Waals surface area contributed by atoms with Gasteiger partial charge in [-0.15, -0.1) is 0 Å². The maximum atomic E-state index is 13.4. The lowest BCUT2D eigenvalue weighted by Gasteiger charge is -2.36. The summed E-state index contributed by atoms with van der Waals surface area (Å²) in [5.74, 6) is 0.609. The van der Waals surface area contributed by atoms with Gasteiger partial charge < -0.3 is 15.4 Å². The number of hydrogen-bond donors (Lipinski definition) is 2. The molecule has 0 radical (unpaired) electrons. The molecule has 1 fully saturated rings. The van der Waals surface area contributed by atoms with Crippen LogP contribution >= 0.6 is 0 Å². The fourth-order valence-corrected chi connectivity index (χ4v) is 3.56. The molecule has 0 bridgehead atoms. The Morgan fingerprint density at radius 1 is 1.25 bits per heavy atom. The van der Waals surface area contributed by atoms with Crippen molar-refractivity contribution >= 4 is 5.96 Å². The monoisotopic (exact) mass is 387 g/mol. The van der Waals surface area contributed by atoms with E-state index in [1.807, 2.05) is 29.1 Å². The van der Waals surface area contributed by atoms with Gasteiger partial charge in [0.25, 0.3) is 0 Å². The first kappa shape index (κ1) is 20.3. The van der Waals surface area contributed by atoms with E-state index >= 15 is 0 Å². The van der Waals surface area contributed by atoms with Crippen LogP contribution in [-0.4, -0.2) is 48.6 Å². The van der Waals surface area contributed by atoms with E-state index in [2.05, 4.69) is 22.7 Å². The standard InChI is InChI=1S/C21H30FN5O/c1-2-23-20(24-11-3-13-27-14-4-12-26-27)25-17-21(9-15-28-16-10-21)18-5-7-19(22)8-6-18/h4-8,12,14H,2-3,9-11,13,15-17H2,1H3,(H2,23,24,25). The number of guanidine groups is 1. The first-order valence-electron chi connectivity index (χ1n) is 10.1. The molecule has 2 N–H and O–H groups in total. The highest BCUT2D eigenvalue weighted by atomic mass is 19.1. The molecule has 2 aromatic rings. The van der Waals surface area contributed by atoms with Gasteiger partial charge in [-0.25, -0.2) is 4.39 Å². The number of rotatable bonds is 8. The van der Waals surface area contributed by atoms with E-state index < -0.39 is 0 Å². The molecule has 28 heavy (non-hydrogen) atoms. The van der Waals surface area contributed by atoms with Gasteiger partial charge in [0.1, 0.15) is 5.82 Å². The van der Waals surface area contributed by atoms with Crippen molar-refractivity contribution < 1.29 is 9.13 Å². The van der Waals surface area contributed by atoms with E-state index in [0.717, 1.165) is 50.4 Å². The molecule has 0 spiro atoms. The van der Waals surface area contributed by atoms with Crippen LogP contribution in [0.2, 0.25) is 0 Å². The largest absolute Gasteiger partial charge is 0.381 e. The molecule has 6 nitrogen and oxygen atoms in total. The van der Waals surface area contributed by atoms with E-state index in [1.54, 1.807) is 6.20 Å². The van der Waals surface area contributed by atoms with E-state index in [-0.39, 0.29) is 11.2 Å². The van der Waals surface area contributed by atoms with Gasteiger partial charge in [0.05, 0.1) is 6.54 Å². The Morgan fingerprint density at radius 2 is 2.04 bits per heavy atom. The van der Waals surface area contributed by atoms with Crippen LogP contribution in [0.1, 0.15) is 31.7 Å². The van der Waals surface area contributed by atoms with Crippen LogP contribution in [0.4, 0.5) is 4.39 Å². The molecule has 1 aliphatic heterocycles. The quantitative estimate of drug-likeness (QED) is 0.415. The molecular weight excluding hydrogens is 357 g/mol. The molecule has 0 atom stereocenters. The summed E-state index contributed by atoms with van der Waals surface area (Å²) in [5.41, 5.74) is 1.03. The van der Waals surface area contributed by atoms with Crippen molar-refractivity contribution in [3.05, 3.63) is 54.1 Å². The topological polar surface area (TPSA) is 63.5 Å². The number of aliphatic imine (C=N–C) groups is 1. The number of nitrogens with zero attached hydrogens (tertiary/aromatic N) is 3. The van der Waals surface area contributed by atoms with E-state index in [9.17, 15) is 4.39 Å². The maximum Gasteiger partial charge on any atom is 0.191 e. The second-order valence-corrected chi connectivity index (χ2v) is 7.14. The molecular formula is C21H30FN5O. The first-order valence-corrected chi connectivity index (χ1v) is 10.1. The first-order chi connectivity index (χ1) is 13.7. The zero-order valence-electron chi connectivity index (χ0n) is 16.5. The second-order valence-electron chi connectivity index (χ2n) is 7.14. The number of aryl methyl sites for hydroxylation is 1. The zero-order chi connectivity index (χ0) is 19.7. The Kier molecular flexibility index (Phi) is 7.42. The molecule has 1 aliphatic rings. The van der Waals surface area contributed by atoms with E-state index in [4.69, 9.17) is 9.73 Å². The number of ether oxygens (including phenoxy) is 1. The van der Waals surface area contributed by atoms with Crippen molar-refractivity contribution in [2.24, 2.45) is 4.99 Å². The molecule has 1 aromatic heterocycles. The summed E-state index contributed by atoms with van der Waals surface area (Å²) in [7, 11) is 0. The van der Waals surface area contributed by atoms with Gasteiger partial charge in [-0.1, -0.05) is 12.1 Å². The van der Waals surface area contributed by atoms with Crippen LogP contribution in [0, 0.1) is 5.82 Å². The summed E-state index contributed by atoms with van der Waals surface area (Å²) in [6.07, 6.45) is 6.50. The van der Waals surface area contributed by atoms with Crippen molar-refractivity contribution in [3.8, 4) is 0 Å². The van der Waals surface area contributed by atoms with E-state index in [0.29, 0.717) is 19.8 Å². The van der Waals surface area contributed by atoms with Gasteiger partial charge in [-0.3, -0.25) is 9.67 Å². The highest BCUT2D eigenvalue weighted by Gasteiger charge is 2.34. The van der Waals surface area contributed by atoms with Crippen LogP contribution in [0.5, 0.6) is 0 Å². The second kappa shape index (κ2) is 10.2. The Hall–Kier alpha value is -2.41. The lowest BCUT2D eigenvalue weighted by Crippen LogP contribution is -2.41. The molecule has 0 unspecified atom stereocenters. The molecule has 152 valence electrons. The third kappa shape index (κ3) is 5.55. The summed E-state index contributed by atoms with van der Waals surface area (Å²) in [4.78, 5) is 4.87. The normalized spacial score (nSPS) is 16.7. The number of nitrogens with one attached hydrogen (secondary N) is 2. The molecule has 1 saturated heterocycles. The van der Waals surface area contributed by atoms with Gasteiger partial charge in [0.2, 0.25) is 0 Å². The van der Waals surface area contributed by atoms with Crippen molar-refractivity contribution in [1.29, 1.82) is 0 Å². The summed E-state index contributed by atoms with van der Waals surface area (Å²) >= 11 is 0. The smallest absolute Gasteiger partial charge is 0.191 e.